The lowest BCUT2D eigenvalue weighted by atomic mass is 10.1. The summed E-state index contributed by atoms with van der Waals surface area (Å²) in [5, 5.41) is 4.68. The largest absolute Gasteiger partial charge is 0.322 e. The van der Waals surface area contributed by atoms with Crippen LogP contribution in [0.15, 0.2) is 67.1 Å². The van der Waals surface area contributed by atoms with Gasteiger partial charge in [0.05, 0.1) is 17.5 Å². The molecule has 0 aliphatic carbocycles. The Balaban J connectivity index is 1.53. The first-order valence-corrected chi connectivity index (χ1v) is 12.1. The van der Waals surface area contributed by atoms with Gasteiger partial charge in [-0.1, -0.05) is 30.3 Å². The van der Waals surface area contributed by atoms with Crippen molar-refractivity contribution in [3.05, 3.63) is 72.9 Å². The van der Waals surface area contributed by atoms with Crippen LogP contribution in [0, 0.1) is 5.82 Å². The Labute approximate surface area is 188 Å². The maximum atomic E-state index is 13.6. The van der Waals surface area contributed by atoms with Gasteiger partial charge in [-0.25, -0.2) is 27.8 Å². The molecule has 8 nitrogen and oxygen atoms in total. The van der Waals surface area contributed by atoms with E-state index in [0.717, 1.165) is 5.56 Å². The number of rotatable bonds is 4. The highest BCUT2D eigenvalue weighted by Gasteiger charge is 2.36. The molecular weight excluding hydrogens is 443 g/mol. The molecule has 1 aliphatic heterocycles. The monoisotopic (exact) mass is 460 g/mol. The lowest BCUT2D eigenvalue weighted by Gasteiger charge is -2.25. The Hall–Kier alpha value is -3.92. The van der Waals surface area contributed by atoms with Crippen molar-refractivity contribution in [1.82, 2.24) is 29.7 Å². The van der Waals surface area contributed by atoms with Crippen LogP contribution in [-0.2, 0) is 9.84 Å². The minimum atomic E-state index is -3.03. The molecule has 1 aliphatic rings. The van der Waals surface area contributed by atoms with Crippen molar-refractivity contribution in [2.24, 2.45) is 0 Å². The van der Waals surface area contributed by atoms with E-state index in [4.69, 9.17) is 4.98 Å². The van der Waals surface area contributed by atoms with Crippen LogP contribution in [0.25, 0.3) is 45.1 Å². The molecule has 0 radical (unpaired) electrons. The van der Waals surface area contributed by atoms with Crippen LogP contribution >= 0.6 is 0 Å². The minimum absolute atomic E-state index is 0.0384. The SMILES string of the molecule is O=S1(=O)CC(n2cc(-c3ncnc4[nH]c(-c5ccccc5)nc34)c(-c3ccc(F)cc3)n2)C1. The van der Waals surface area contributed by atoms with Crippen molar-refractivity contribution in [1.29, 1.82) is 0 Å². The van der Waals surface area contributed by atoms with Gasteiger partial charge in [-0.15, -0.1) is 0 Å². The summed E-state index contributed by atoms with van der Waals surface area (Å²) in [6.45, 7) is 0. The number of fused-ring (bicyclic) bond motifs is 1. The molecule has 5 aromatic rings. The van der Waals surface area contributed by atoms with Crippen LogP contribution in [0.3, 0.4) is 0 Å². The summed E-state index contributed by atoms with van der Waals surface area (Å²) < 4.78 is 38.7. The molecule has 2 aromatic carbocycles. The van der Waals surface area contributed by atoms with E-state index in [2.05, 4.69) is 20.1 Å². The fourth-order valence-corrected chi connectivity index (χ4v) is 5.40. The second-order valence-corrected chi connectivity index (χ2v) is 10.1. The summed E-state index contributed by atoms with van der Waals surface area (Å²) in [4.78, 5) is 16.8. The summed E-state index contributed by atoms with van der Waals surface area (Å²) >= 11 is 0. The molecule has 6 rings (SSSR count). The van der Waals surface area contributed by atoms with Gasteiger partial charge < -0.3 is 4.98 Å². The fourth-order valence-electron chi connectivity index (χ4n) is 4.02. The lowest BCUT2D eigenvalue weighted by Crippen LogP contribution is -2.38. The molecule has 33 heavy (non-hydrogen) atoms. The predicted octanol–water partition coefficient (Wildman–Crippen LogP) is 3.66. The van der Waals surface area contributed by atoms with E-state index in [-0.39, 0.29) is 23.4 Å². The van der Waals surface area contributed by atoms with E-state index >= 15 is 0 Å². The van der Waals surface area contributed by atoms with E-state index in [1.54, 1.807) is 23.0 Å². The molecule has 0 unspecified atom stereocenters. The van der Waals surface area contributed by atoms with Gasteiger partial charge in [0.1, 0.15) is 34.9 Å². The van der Waals surface area contributed by atoms with Crippen molar-refractivity contribution >= 4 is 21.0 Å². The molecule has 0 amide bonds. The average molecular weight is 460 g/mol. The highest BCUT2D eigenvalue weighted by molar-refractivity contribution is 7.92. The minimum Gasteiger partial charge on any atom is -0.322 e. The molecule has 10 heteroatoms. The molecule has 4 heterocycles. The summed E-state index contributed by atoms with van der Waals surface area (Å²) in [5.74, 6) is 0.384. The van der Waals surface area contributed by atoms with Gasteiger partial charge in [-0.05, 0) is 24.3 Å². The van der Waals surface area contributed by atoms with E-state index in [1.807, 2.05) is 30.3 Å². The first kappa shape index (κ1) is 19.7. The maximum absolute atomic E-state index is 13.6. The van der Waals surface area contributed by atoms with Crippen molar-refractivity contribution < 1.29 is 12.8 Å². The van der Waals surface area contributed by atoms with Gasteiger partial charge in [0.25, 0.3) is 0 Å². The van der Waals surface area contributed by atoms with Crippen LogP contribution in [0.2, 0.25) is 0 Å². The van der Waals surface area contributed by atoms with Crippen molar-refractivity contribution in [3.63, 3.8) is 0 Å². The van der Waals surface area contributed by atoms with Gasteiger partial charge in [-0.3, -0.25) is 4.68 Å². The Morgan fingerprint density at radius 1 is 0.939 bits per heavy atom. The van der Waals surface area contributed by atoms with Crippen LogP contribution in [0.5, 0.6) is 0 Å². The zero-order valence-electron chi connectivity index (χ0n) is 17.2. The molecule has 0 atom stereocenters. The highest BCUT2D eigenvalue weighted by atomic mass is 32.2. The Morgan fingerprint density at radius 2 is 1.70 bits per heavy atom. The van der Waals surface area contributed by atoms with E-state index < -0.39 is 9.84 Å². The number of nitrogens with one attached hydrogen (secondary N) is 1. The van der Waals surface area contributed by atoms with E-state index in [9.17, 15) is 12.8 Å². The summed E-state index contributed by atoms with van der Waals surface area (Å²) in [5.41, 5.74) is 4.55. The van der Waals surface area contributed by atoms with Crippen LogP contribution in [0.1, 0.15) is 6.04 Å². The van der Waals surface area contributed by atoms with E-state index in [0.29, 0.717) is 39.5 Å². The predicted molar refractivity (Wildman–Crippen MR) is 121 cm³/mol. The number of halogens is 1. The van der Waals surface area contributed by atoms with Crippen LogP contribution in [-0.4, -0.2) is 49.6 Å². The molecule has 0 saturated carbocycles. The van der Waals surface area contributed by atoms with Gasteiger partial charge in [0.15, 0.2) is 15.5 Å². The molecule has 1 N–H and O–H groups in total. The first-order chi connectivity index (χ1) is 16.0. The number of aromatic amines is 1. The third-order valence-corrected chi connectivity index (χ3v) is 7.49. The summed E-state index contributed by atoms with van der Waals surface area (Å²) in [6, 6.07) is 15.4. The topological polar surface area (TPSA) is 106 Å². The summed E-state index contributed by atoms with van der Waals surface area (Å²) in [7, 11) is -3.03. The molecule has 3 aromatic heterocycles. The van der Waals surface area contributed by atoms with Gasteiger partial charge in [0.2, 0.25) is 0 Å². The molecule has 1 saturated heterocycles. The van der Waals surface area contributed by atoms with Crippen LogP contribution in [0.4, 0.5) is 4.39 Å². The summed E-state index contributed by atoms with van der Waals surface area (Å²) in [6.07, 6.45) is 3.24. The zero-order valence-corrected chi connectivity index (χ0v) is 18.0. The highest BCUT2D eigenvalue weighted by Crippen LogP contribution is 2.36. The fraction of sp³-hybridized carbons (Fsp3) is 0.130. The zero-order chi connectivity index (χ0) is 22.6. The number of sulfone groups is 1. The molecular formula is C23H17FN6O2S. The first-order valence-electron chi connectivity index (χ1n) is 10.3. The third-order valence-electron chi connectivity index (χ3n) is 5.70. The van der Waals surface area contributed by atoms with Gasteiger partial charge in [-0.2, -0.15) is 5.10 Å². The Bertz CT molecular complexity index is 1580. The molecule has 0 bridgehead atoms. The number of imidazole rings is 1. The molecule has 1 fully saturated rings. The van der Waals surface area contributed by atoms with Crippen molar-refractivity contribution in [3.8, 4) is 33.9 Å². The third kappa shape index (κ3) is 3.48. The lowest BCUT2D eigenvalue weighted by molar-refractivity contribution is 0.474. The molecule has 0 spiro atoms. The van der Waals surface area contributed by atoms with Gasteiger partial charge >= 0.3 is 0 Å². The number of nitrogens with zero attached hydrogens (tertiary/aromatic N) is 5. The second kappa shape index (κ2) is 7.31. The number of benzene rings is 2. The number of aromatic nitrogens is 6. The molecule has 164 valence electrons. The standard InChI is InChI=1S/C23H17FN6O2S/c24-16-8-6-14(7-9-16)19-18(10-30(29-19)17-11-33(31,32)12-17)20-21-23(26-13-25-20)28-22(27-21)15-4-2-1-3-5-15/h1-10,13,17H,11-12H2,(H,25,26,27,28). The van der Waals surface area contributed by atoms with Crippen LogP contribution < -0.4 is 0 Å². The van der Waals surface area contributed by atoms with Gasteiger partial charge in [0, 0.05) is 22.9 Å². The Kier molecular flexibility index (Phi) is 4.37. The normalized spacial score (nSPS) is 15.5. The number of hydrogen-bond donors (Lipinski definition) is 1. The van der Waals surface area contributed by atoms with Crippen molar-refractivity contribution in [2.45, 2.75) is 6.04 Å². The smallest absolute Gasteiger partial charge is 0.161 e. The average Bonchev–Trinajstić information content (AvgIpc) is 3.43. The quantitative estimate of drug-likeness (QED) is 0.439. The number of hydrogen-bond acceptors (Lipinski definition) is 6. The second-order valence-electron chi connectivity index (χ2n) is 7.98. The van der Waals surface area contributed by atoms with Crippen molar-refractivity contribution in [2.75, 3.05) is 11.5 Å². The Morgan fingerprint density at radius 3 is 2.42 bits per heavy atom. The number of H-pyrrole nitrogens is 1. The maximum Gasteiger partial charge on any atom is 0.161 e. The van der Waals surface area contributed by atoms with E-state index in [1.165, 1.54) is 18.5 Å².